The quantitative estimate of drug-likeness (QED) is 0.856. The standard InChI is InChI=1S/C15H16N2O2/c16-9-12-3-1-2-4-13(12)10-19-14-7-5-11(6-8-14)15(17)18/h1-8H,9-10,16H2,(H2,17,18). The van der Waals surface area contributed by atoms with Crippen molar-refractivity contribution in [1.29, 1.82) is 0 Å². The van der Waals surface area contributed by atoms with E-state index < -0.39 is 5.91 Å². The molecule has 4 nitrogen and oxygen atoms in total. The Morgan fingerprint density at radius 2 is 1.63 bits per heavy atom. The Kier molecular flexibility index (Phi) is 4.15. The zero-order valence-corrected chi connectivity index (χ0v) is 10.5. The van der Waals surface area contributed by atoms with Crippen LogP contribution in [-0.4, -0.2) is 5.91 Å². The molecule has 0 atom stereocenters. The molecule has 1 amide bonds. The number of carbonyl (C=O) groups excluding carboxylic acids is 1. The van der Waals surface area contributed by atoms with Gasteiger partial charge in [0.15, 0.2) is 0 Å². The summed E-state index contributed by atoms with van der Waals surface area (Å²) in [5, 5.41) is 0. The van der Waals surface area contributed by atoms with Crippen molar-refractivity contribution in [3.05, 3.63) is 65.2 Å². The van der Waals surface area contributed by atoms with E-state index in [1.54, 1.807) is 24.3 Å². The van der Waals surface area contributed by atoms with Gasteiger partial charge in [0.25, 0.3) is 0 Å². The first-order valence-electron chi connectivity index (χ1n) is 6.00. The molecule has 4 N–H and O–H groups in total. The van der Waals surface area contributed by atoms with Crippen LogP contribution in [0.3, 0.4) is 0 Å². The molecule has 19 heavy (non-hydrogen) atoms. The van der Waals surface area contributed by atoms with Gasteiger partial charge in [-0.2, -0.15) is 0 Å². The van der Waals surface area contributed by atoms with Gasteiger partial charge in [0.05, 0.1) is 0 Å². The summed E-state index contributed by atoms with van der Waals surface area (Å²) in [6.07, 6.45) is 0. The van der Waals surface area contributed by atoms with Gasteiger partial charge >= 0.3 is 0 Å². The zero-order valence-electron chi connectivity index (χ0n) is 10.5. The first kappa shape index (κ1) is 13.1. The van der Waals surface area contributed by atoms with Gasteiger partial charge in [-0.25, -0.2) is 0 Å². The third-order valence-corrected chi connectivity index (χ3v) is 2.87. The topological polar surface area (TPSA) is 78.3 Å². The smallest absolute Gasteiger partial charge is 0.248 e. The lowest BCUT2D eigenvalue weighted by atomic mass is 10.1. The van der Waals surface area contributed by atoms with Gasteiger partial charge in [-0.3, -0.25) is 4.79 Å². The molecule has 0 unspecified atom stereocenters. The zero-order chi connectivity index (χ0) is 13.7. The van der Waals surface area contributed by atoms with Crippen molar-refractivity contribution < 1.29 is 9.53 Å². The lowest BCUT2D eigenvalue weighted by Gasteiger charge is -2.10. The van der Waals surface area contributed by atoms with Crippen LogP contribution in [0.2, 0.25) is 0 Å². The summed E-state index contributed by atoms with van der Waals surface area (Å²) in [5.41, 5.74) is 13.4. The molecule has 0 aliphatic heterocycles. The molecule has 0 spiro atoms. The van der Waals surface area contributed by atoms with E-state index in [2.05, 4.69) is 0 Å². The Hall–Kier alpha value is -2.33. The number of amides is 1. The molecule has 0 bridgehead atoms. The third kappa shape index (κ3) is 3.33. The molecule has 0 aliphatic rings. The van der Waals surface area contributed by atoms with Crippen LogP contribution in [0.1, 0.15) is 21.5 Å². The van der Waals surface area contributed by atoms with Gasteiger partial charge in [0.2, 0.25) is 5.91 Å². The molecule has 0 heterocycles. The molecule has 0 saturated heterocycles. The summed E-state index contributed by atoms with van der Waals surface area (Å²) >= 11 is 0. The van der Waals surface area contributed by atoms with E-state index in [4.69, 9.17) is 16.2 Å². The number of rotatable bonds is 5. The van der Waals surface area contributed by atoms with E-state index in [9.17, 15) is 4.79 Å². The van der Waals surface area contributed by atoms with E-state index >= 15 is 0 Å². The van der Waals surface area contributed by atoms with Crippen molar-refractivity contribution in [2.45, 2.75) is 13.2 Å². The monoisotopic (exact) mass is 256 g/mol. The Balaban J connectivity index is 2.04. The predicted octanol–water partition coefficient (Wildman–Crippen LogP) is 1.82. The number of carbonyl (C=O) groups is 1. The van der Waals surface area contributed by atoms with Gasteiger partial charge in [-0.15, -0.1) is 0 Å². The predicted molar refractivity (Wildman–Crippen MR) is 73.6 cm³/mol. The molecule has 4 heteroatoms. The van der Waals surface area contributed by atoms with E-state index in [-0.39, 0.29) is 0 Å². The maximum absolute atomic E-state index is 10.9. The van der Waals surface area contributed by atoms with Gasteiger partial charge in [-0.1, -0.05) is 24.3 Å². The van der Waals surface area contributed by atoms with Crippen LogP contribution < -0.4 is 16.2 Å². The van der Waals surface area contributed by atoms with Crippen LogP contribution in [0.4, 0.5) is 0 Å². The average molecular weight is 256 g/mol. The average Bonchev–Trinajstić information content (AvgIpc) is 2.45. The summed E-state index contributed by atoms with van der Waals surface area (Å²) in [5.74, 6) is 0.247. The highest BCUT2D eigenvalue weighted by Crippen LogP contribution is 2.15. The van der Waals surface area contributed by atoms with Crippen LogP contribution in [0.5, 0.6) is 5.75 Å². The number of primary amides is 1. The number of hydrogen-bond acceptors (Lipinski definition) is 3. The molecule has 98 valence electrons. The minimum absolute atomic E-state index is 0.444. The first-order chi connectivity index (χ1) is 9.20. The maximum atomic E-state index is 10.9. The molecule has 0 aliphatic carbocycles. The van der Waals surface area contributed by atoms with Crippen molar-refractivity contribution in [2.75, 3.05) is 0 Å². The maximum Gasteiger partial charge on any atom is 0.248 e. The minimum atomic E-state index is -0.444. The number of nitrogens with two attached hydrogens (primary N) is 2. The van der Waals surface area contributed by atoms with Gasteiger partial charge in [0, 0.05) is 12.1 Å². The second-order valence-electron chi connectivity index (χ2n) is 4.15. The lowest BCUT2D eigenvalue weighted by molar-refractivity contribution is 0.100. The highest BCUT2D eigenvalue weighted by Gasteiger charge is 2.03. The normalized spacial score (nSPS) is 10.2. The van der Waals surface area contributed by atoms with Crippen molar-refractivity contribution in [3.8, 4) is 5.75 Å². The molecule has 0 aromatic heterocycles. The largest absolute Gasteiger partial charge is 0.489 e. The second kappa shape index (κ2) is 6.02. The minimum Gasteiger partial charge on any atom is -0.489 e. The van der Waals surface area contributed by atoms with Crippen LogP contribution in [-0.2, 0) is 13.2 Å². The van der Waals surface area contributed by atoms with Crippen LogP contribution in [0.25, 0.3) is 0 Å². The van der Waals surface area contributed by atoms with E-state index in [0.29, 0.717) is 24.5 Å². The fourth-order valence-electron chi connectivity index (χ4n) is 1.77. The molecule has 2 aromatic rings. The summed E-state index contributed by atoms with van der Waals surface area (Å²) in [6, 6.07) is 14.6. The van der Waals surface area contributed by atoms with Crippen LogP contribution in [0.15, 0.2) is 48.5 Å². The van der Waals surface area contributed by atoms with Gasteiger partial charge in [-0.05, 0) is 35.4 Å². The van der Waals surface area contributed by atoms with Gasteiger partial charge in [0.1, 0.15) is 12.4 Å². The Bertz CT molecular complexity index is 565. The molecule has 0 fully saturated rings. The summed E-state index contributed by atoms with van der Waals surface area (Å²) in [7, 11) is 0. The first-order valence-corrected chi connectivity index (χ1v) is 6.00. The second-order valence-corrected chi connectivity index (χ2v) is 4.15. The SMILES string of the molecule is NCc1ccccc1COc1ccc(C(N)=O)cc1. The van der Waals surface area contributed by atoms with Crippen LogP contribution >= 0.6 is 0 Å². The van der Waals surface area contributed by atoms with E-state index in [1.165, 1.54) is 0 Å². The molecule has 0 radical (unpaired) electrons. The Morgan fingerprint density at radius 1 is 1.00 bits per heavy atom. The fraction of sp³-hybridized carbons (Fsp3) is 0.133. The fourth-order valence-corrected chi connectivity index (χ4v) is 1.77. The van der Waals surface area contributed by atoms with Crippen LogP contribution in [0, 0.1) is 0 Å². The summed E-state index contributed by atoms with van der Waals surface area (Å²) in [6.45, 7) is 0.934. The number of ether oxygens (including phenoxy) is 1. The summed E-state index contributed by atoms with van der Waals surface area (Å²) in [4.78, 5) is 10.9. The Labute approximate surface area is 112 Å². The molecule has 2 aromatic carbocycles. The molecule has 2 rings (SSSR count). The van der Waals surface area contributed by atoms with Crippen molar-refractivity contribution in [1.82, 2.24) is 0 Å². The Morgan fingerprint density at radius 3 is 2.21 bits per heavy atom. The van der Waals surface area contributed by atoms with Crippen molar-refractivity contribution in [3.63, 3.8) is 0 Å². The van der Waals surface area contributed by atoms with Gasteiger partial charge < -0.3 is 16.2 Å². The highest BCUT2D eigenvalue weighted by atomic mass is 16.5. The number of hydrogen-bond donors (Lipinski definition) is 2. The van der Waals surface area contributed by atoms with Crippen molar-refractivity contribution in [2.24, 2.45) is 11.5 Å². The highest BCUT2D eigenvalue weighted by molar-refractivity contribution is 5.92. The molecular weight excluding hydrogens is 240 g/mol. The summed E-state index contributed by atoms with van der Waals surface area (Å²) < 4.78 is 5.66. The molecular formula is C15H16N2O2. The van der Waals surface area contributed by atoms with E-state index in [1.807, 2.05) is 24.3 Å². The van der Waals surface area contributed by atoms with E-state index in [0.717, 1.165) is 11.1 Å². The van der Waals surface area contributed by atoms with Crippen molar-refractivity contribution >= 4 is 5.91 Å². The third-order valence-electron chi connectivity index (χ3n) is 2.87. The number of benzene rings is 2. The lowest BCUT2D eigenvalue weighted by Crippen LogP contribution is -2.10. The molecule has 0 saturated carbocycles.